The summed E-state index contributed by atoms with van der Waals surface area (Å²) >= 11 is 0. The van der Waals surface area contributed by atoms with E-state index in [0.29, 0.717) is 6.42 Å². The van der Waals surface area contributed by atoms with E-state index < -0.39 is 5.60 Å². The molecular weight excluding hydrogens is 248 g/mol. The summed E-state index contributed by atoms with van der Waals surface area (Å²) in [7, 11) is 2.05. The molecule has 3 rings (SSSR count). The fourth-order valence-electron chi connectivity index (χ4n) is 3.39. The molecule has 1 aromatic carbocycles. The Balaban J connectivity index is 1.86. The Labute approximate surface area is 120 Å². The Morgan fingerprint density at radius 1 is 1.30 bits per heavy atom. The van der Waals surface area contributed by atoms with Crippen LogP contribution in [0.1, 0.15) is 44.9 Å². The van der Waals surface area contributed by atoms with Crippen LogP contribution >= 0.6 is 0 Å². The number of fused-ring (bicyclic) bond motifs is 1. The fourth-order valence-corrected chi connectivity index (χ4v) is 3.39. The molecule has 0 aliphatic heterocycles. The van der Waals surface area contributed by atoms with Crippen molar-refractivity contribution in [3.63, 3.8) is 0 Å². The van der Waals surface area contributed by atoms with Gasteiger partial charge >= 0.3 is 0 Å². The lowest BCUT2D eigenvalue weighted by molar-refractivity contribution is 0.0220. The second kappa shape index (κ2) is 5.21. The molecule has 1 aliphatic rings. The number of para-hydroxylation sites is 2. The van der Waals surface area contributed by atoms with E-state index >= 15 is 0 Å². The standard InChI is InChI=1S/C17H24N2O/c1-13-6-5-10-17(20,11-9-13)12-16-18-14-7-3-4-8-15(14)19(16)2/h3-4,7-8,13,20H,5-6,9-12H2,1-2H3. The number of aromatic nitrogens is 2. The first-order valence-electron chi connectivity index (χ1n) is 7.70. The molecule has 0 saturated heterocycles. The molecule has 0 amide bonds. The maximum absolute atomic E-state index is 10.9. The minimum absolute atomic E-state index is 0.570. The molecule has 1 aromatic heterocycles. The van der Waals surface area contributed by atoms with E-state index in [1.165, 1.54) is 6.42 Å². The fraction of sp³-hybridized carbons (Fsp3) is 0.588. The number of rotatable bonds is 2. The first-order chi connectivity index (χ1) is 9.57. The van der Waals surface area contributed by atoms with Crippen LogP contribution in [-0.4, -0.2) is 20.3 Å². The average Bonchev–Trinajstić information content (AvgIpc) is 2.63. The highest BCUT2D eigenvalue weighted by atomic mass is 16.3. The number of aryl methyl sites for hydroxylation is 1. The lowest BCUT2D eigenvalue weighted by Gasteiger charge is -2.26. The van der Waals surface area contributed by atoms with Crippen molar-refractivity contribution in [1.82, 2.24) is 9.55 Å². The second-order valence-electron chi connectivity index (χ2n) is 6.51. The van der Waals surface area contributed by atoms with Crippen molar-refractivity contribution >= 4 is 11.0 Å². The molecule has 2 aromatic rings. The third-order valence-electron chi connectivity index (χ3n) is 4.81. The number of imidazole rings is 1. The number of aliphatic hydroxyl groups is 1. The van der Waals surface area contributed by atoms with E-state index in [1.807, 2.05) is 25.2 Å². The van der Waals surface area contributed by atoms with E-state index in [2.05, 4.69) is 17.6 Å². The predicted molar refractivity (Wildman–Crippen MR) is 81.6 cm³/mol. The highest BCUT2D eigenvalue weighted by Gasteiger charge is 2.31. The first kappa shape index (κ1) is 13.6. The average molecular weight is 272 g/mol. The Bertz CT molecular complexity index is 604. The zero-order valence-electron chi connectivity index (χ0n) is 12.5. The largest absolute Gasteiger partial charge is 0.389 e. The van der Waals surface area contributed by atoms with Gasteiger partial charge in [0.05, 0.1) is 16.6 Å². The zero-order chi connectivity index (χ0) is 14.2. The van der Waals surface area contributed by atoms with Gasteiger partial charge in [0.2, 0.25) is 0 Å². The summed E-state index contributed by atoms with van der Waals surface area (Å²) in [5.74, 6) is 1.74. The van der Waals surface area contributed by atoms with Crippen LogP contribution in [0.5, 0.6) is 0 Å². The molecule has 0 spiro atoms. The SMILES string of the molecule is CC1CCCC(O)(Cc2nc3ccccc3n2C)CC1. The van der Waals surface area contributed by atoms with E-state index in [4.69, 9.17) is 4.98 Å². The number of hydrogen-bond acceptors (Lipinski definition) is 2. The van der Waals surface area contributed by atoms with Gasteiger partial charge in [0, 0.05) is 13.5 Å². The Morgan fingerprint density at radius 2 is 2.10 bits per heavy atom. The van der Waals surface area contributed by atoms with Crippen molar-refractivity contribution in [3.05, 3.63) is 30.1 Å². The summed E-state index contributed by atoms with van der Waals surface area (Å²) in [4.78, 5) is 4.70. The maximum atomic E-state index is 10.9. The summed E-state index contributed by atoms with van der Waals surface area (Å²) < 4.78 is 2.13. The van der Waals surface area contributed by atoms with Gasteiger partial charge < -0.3 is 9.67 Å². The third kappa shape index (κ3) is 2.59. The van der Waals surface area contributed by atoms with Gasteiger partial charge in [-0.2, -0.15) is 0 Å². The smallest absolute Gasteiger partial charge is 0.112 e. The summed E-state index contributed by atoms with van der Waals surface area (Å²) in [6.07, 6.45) is 5.97. The van der Waals surface area contributed by atoms with Gasteiger partial charge in [-0.25, -0.2) is 4.98 Å². The van der Waals surface area contributed by atoms with Gasteiger partial charge in [-0.05, 0) is 37.3 Å². The third-order valence-corrected chi connectivity index (χ3v) is 4.81. The van der Waals surface area contributed by atoms with Crippen molar-refractivity contribution in [1.29, 1.82) is 0 Å². The molecule has 1 saturated carbocycles. The number of nitrogens with zero attached hydrogens (tertiary/aromatic N) is 2. The van der Waals surface area contributed by atoms with E-state index in [0.717, 1.165) is 48.5 Å². The molecule has 0 bridgehead atoms. The summed E-state index contributed by atoms with van der Waals surface area (Å²) in [6.45, 7) is 2.29. The predicted octanol–water partition coefficient (Wildman–Crippen LogP) is 3.45. The van der Waals surface area contributed by atoms with E-state index in [-0.39, 0.29) is 0 Å². The lowest BCUT2D eigenvalue weighted by Crippen LogP contribution is -2.32. The van der Waals surface area contributed by atoms with Crippen molar-refractivity contribution in [2.75, 3.05) is 0 Å². The summed E-state index contributed by atoms with van der Waals surface area (Å²) in [6, 6.07) is 8.18. The molecule has 20 heavy (non-hydrogen) atoms. The van der Waals surface area contributed by atoms with Crippen LogP contribution in [0.4, 0.5) is 0 Å². The van der Waals surface area contributed by atoms with Crippen LogP contribution < -0.4 is 0 Å². The summed E-state index contributed by atoms with van der Waals surface area (Å²) in [5.41, 5.74) is 1.60. The maximum Gasteiger partial charge on any atom is 0.112 e. The van der Waals surface area contributed by atoms with Crippen molar-refractivity contribution in [3.8, 4) is 0 Å². The van der Waals surface area contributed by atoms with Gasteiger partial charge in [-0.15, -0.1) is 0 Å². The first-order valence-corrected chi connectivity index (χ1v) is 7.70. The normalized spacial score (nSPS) is 27.6. The highest BCUT2D eigenvalue weighted by Crippen LogP contribution is 2.33. The monoisotopic (exact) mass is 272 g/mol. The van der Waals surface area contributed by atoms with Crippen molar-refractivity contribution in [2.45, 2.75) is 51.0 Å². The molecule has 3 nitrogen and oxygen atoms in total. The van der Waals surface area contributed by atoms with Crippen LogP contribution in [0, 0.1) is 5.92 Å². The van der Waals surface area contributed by atoms with E-state index in [1.54, 1.807) is 0 Å². The topological polar surface area (TPSA) is 38.1 Å². The van der Waals surface area contributed by atoms with Gasteiger partial charge in [0.15, 0.2) is 0 Å². The molecule has 1 N–H and O–H groups in total. The zero-order valence-corrected chi connectivity index (χ0v) is 12.5. The Morgan fingerprint density at radius 3 is 2.90 bits per heavy atom. The minimum Gasteiger partial charge on any atom is -0.389 e. The minimum atomic E-state index is -0.570. The van der Waals surface area contributed by atoms with Crippen LogP contribution in [0.25, 0.3) is 11.0 Å². The molecule has 108 valence electrons. The number of hydrogen-bond donors (Lipinski definition) is 1. The molecular formula is C17H24N2O. The lowest BCUT2D eigenvalue weighted by atomic mass is 9.90. The molecule has 3 heteroatoms. The number of benzene rings is 1. The van der Waals surface area contributed by atoms with E-state index in [9.17, 15) is 5.11 Å². The van der Waals surface area contributed by atoms with Crippen LogP contribution in [0.15, 0.2) is 24.3 Å². The van der Waals surface area contributed by atoms with Gasteiger partial charge in [0.1, 0.15) is 5.82 Å². The van der Waals surface area contributed by atoms with Crippen LogP contribution in [-0.2, 0) is 13.5 Å². The van der Waals surface area contributed by atoms with Gasteiger partial charge in [-0.1, -0.05) is 31.9 Å². The van der Waals surface area contributed by atoms with Crippen LogP contribution in [0.2, 0.25) is 0 Å². The van der Waals surface area contributed by atoms with Crippen LogP contribution in [0.3, 0.4) is 0 Å². The molecule has 2 atom stereocenters. The van der Waals surface area contributed by atoms with Gasteiger partial charge in [-0.3, -0.25) is 0 Å². The van der Waals surface area contributed by atoms with Crippen molar-refractivity contribution in [2.24, 2.45) is 13.0 Å². The molecule has 0 radical (unpaired) electrons. The highest BCUT2D eigenvalue weighted by molar-refractivity contribution is 5.75. The molecule has 1 aliphatic carbocycles. The Hall–Kier alpha value is -1.35. The second-order valence-corrected chi connectivity index (χ2v) is 6.51. The van der Waals surface area contributed by atoms with Crippen molar-refractivity contribution < 1.29 is 5.11 Å². The quantitative estimate of drug-likeness (QED) is 0.850. The summed E-state index contributed by atoms with van der Waals surface area (Å²) in [5, 5.41) is 10.9. The molecule has 2 unspecified atom stereocenters. The molecule has 1 fully saturated rings. The Kier molecular flexibility index (Phi) is 3.55. The molecule has 1 heterocycles. The van der Waals surface area contributed by atoms with Gasteiger partial charge in [0.25, 0.3) is 0 Å².